The highest BCUT2D eigenvalue weighted by Gasteiger charge is 2.18. The second kappa shape index (κ2) is 8.39. The number of nitrogens with two attached hydrogens (primary N) is 1. The number of halogens is 3. The molecule has 0 aliphatic carbocycles. The Morgan fingerprint density at radius 3 is 2.55 bits per heavy atom. The standard InChI is InChI=1S/C14H12Cl2N2O2S.ClH/c1-2-20-13(19)9(12-7-21-14(17)18-12)6-8-10(15)4-3-5-11(8)16;/h3-7H,2H2,1H3,(H2,17,18);1H/b9-6-;. The molecule has 0 atom stereocenters. The molecule has 0 aliphatic rings. The Morgan fingerprint density at radius 1 is 1.41 bits per heavy atom. The number of carbonyl (C=O) groups is 1. The monoisotopic (exact) mass is 378 g/mol. The van der Waals surface area contributed by atoms with Gasteiger partial charge in [-0.2, -0.15) is 0 Å². The fraction of sp³-hybridized carbons (Fsp3) is 0.143. The Balaban J connectivity index is 0.00000242. The Bertz CT molecular complexity index is 681. The topological polar surface area (TPSA) is 65.2 Å². The van der Waals surface area contributed by atoms with E-state index in [1.165, 1.54) is 11.3 Å². The van der Waals surface area contributed by atoms with Crippen molar-refractivity contribution in [3.05, 3.63) is 44.9 Å². The molecule has 2 N–H and O–H groups in total. The van der Waals surface area contributed by atoms with Crippen LogP contribution in [-0.2, 0) is 9.53 Å². The maximum absolute atomic E-state index is 12.1. The lowest BCUT2D eigenvalue weighted by Gasteiger charge is -2.07. The molecule has 1 aromatic carbocycles. The molecular weight excluding hydrogens is 367 g/mol. The minimum absolute atomic E-state index is 0. The van der Waals surface area contributed by atoms with Gasteiger partial charge in [0.25, 0.3) is 0 Å². The van der Waals surface area contributed by atoms with Gasteiger partial charge in [-0.15, -0.1) is 23.7 Å². The first-order chi connectivity index (χ1) is 10.0. The SMILES string of the molecule is CCOC(=O)/C(=C\c1c(Cl)cccc1Cl)c1csc(N)n1.Cl. The van der Waals surface area contributed by atoms with E-state index in [9.17, 15) is 4.79 Å². The van der Waals surface area contributed by atoms with Crippen LogP contribution in [0.25, 0.3) is 11.6 Å². The number of benzene rings is 1. The van der Waals surface area contributed by atoms with Crippen molar-refractivity contribution in [2.24, 2.45) is 0 Å². The molecule has 0 amide bonds. The van der Waals surface area contributed by atoms with E-state index >= 15 is 0 Å². The zero-order valence-corrected chi connectivity index (χ0v) is 14.7. The van der Waals surface area contributed by atoms with Crippen LogP contribution in [0.1, 0.15) is 18.2 Å². The minimum atomic E-state index is -0.501. The van der Waals surface area contributed by atoms with Crippen LogP contribution in [0.15, 0.2) is 23.6 Å². The summed E-state index contributed by atoms with van der Waals surface area (Å²) in [6.07, 6.45) is 1.57. The van der Waals surface area contributed by atoms with E-state index in [1.54, 1.807) is 36.6 Å². The van der Waals surface area contributed by atoms with E-state index in [-0.39, 0.29) is 24.6 Å². The summed E-state index contributed by atoms with van der Waals surface area (Å²) in [5.74, 6) is -0.501. The predicted octanol–water partition coefficient (Wildman–Crippen LogP) is 4.56. The van der Waals surface area contributed by atoms with Crippen molar-refractivity contribution >= 4 is 69.7 Å². The van der Waals surface area contributed by atoms with Gasteiger partial charge in [-0.3, -0.25) is 0 Å². The molecule has 0 saturated heterocycles. The van der Waals surface area contributed by atoms with Crippen LogP contribution < -0.4 is 5.73 Å². The fourth-order valence-corrected chi connectivity index (χ4v) is 2.72. The van der Waals surface area contributed by atoms with Crippen LogP contribution in [0.3, 0.4) is 0 Å². The van der Waals surface area contributed by atoms with E-state index in [4.69, 9.17) is 33.7 Å². The molecule has 118 valence electrons. The number of anilines is 1. The predicted molar refractivity (Wildman–Crippen MR) is 94.7 cm³/mol. The highest BCUT2D eigenvalue weighted by atomic mass is 35.5. The number of thiazole rings is 1. The van der Waals surface area contributed by atoms with Crippen LogP contribution in [0, 0.1) is 0 Å². The van der Waals surface area contributed by atoms with Crippen LogP contribution in [0.5, 0.6) is 0 Å². The van der Waals surface area contributed by atoms with Gasteiger partial charge >= 0.3 is 5.97 Å². The molecule has 0 bridgehead atoms. The number of aromatic nitrogens is 1. The van der Waals surface area contributed by atoms with Crippen molar-refractivity contribution in [2.75, 3.05) is 12.3 Å². The van der Waals surface area contributed by atoms with Gasteiger partial charge in [-0.05, 0) is 25.1 Å². The van der Waals surface area contributed by atoms with Crippen molar-refractivity contribution in [1.82, 2.24) is 4.98 Å². The second-order valence-corrected chi connectivity index (χ2v) is 5.69. The number of rotatable bonds is 4. The molecule has 8 heteroatoms. The second-order valence-electron chi connectivity index (χ2n) is 3.98. The number of hydrogen-bond donors (Lipinski definition) is 1. The highest BCUT2D eigenvalue weighted by molar-refractivity contribution is 7.13. The van der Waals surface area contributed by atoms with Crippen molar-refractivity contribution in [1.29, 1.82) is 0 Å². The van der Waals surface area contributed by atoms with E-state index in [0.717, 1.165) is 0 Å². The lowest BCUT2D eigenvalue weighted by molar-refractivity contribution is -0.136. The summed E-state index contributed by atoms with van der Waals surface area (Å²) in [6.45, 7) is 1.99. The maximum atomic E-state index is 12.1. The fourth-order valence-electron chi connectivity index (χ4n) is 1.65. The third kappa shape index (κ3) is 4.36. The van der Waals surface area contributed by atoms with Gasteiger partial charge < -0.3 is 10.5 Å². The Morgan fingerprint density at radius 2 is 2.05 bits per heavy atom. The molecule has 0 radical (unpaired) electrons. The van der Waals surface area contributed by atoms with Crippen molar-refractivity contribution in [3.8, 4) is 0 Å². The summed E-state index contributed by atoms with van der Waals surface area (Å²) in [5.41, 5.74) is 6.86. The Hall–Kier alpha value is -1.27. The molecule has 2 aromatic rings. The lowest BCUT2D eigenvalue weighted by Crippen LogP contribution is -2.07. The molecule has 2 rings (SSSR count). The largest absolute Gasteiger partial charge is 0.462 e. The van der Waals surface area contributed by atoms with Crippen molar-refractivity contribution in [3.63, 3.8) is 0 Å². The van der Waals surface area contributed by atoms with Crippen molar-refractivity contribution < 1.29 is 9.53 Å². The van der Waals surface area contributed by atoms with Gasteiger partial charge in [0.15, 0.2) is 5.13 Å². The lowest BCUT2D eigenvalue weighted by atomic mass is 10.1. The zero-order valence-electron chi connectivity index (χ0n) is 11.5. The molecular formula is C14H13Cl3N2O2S. The van der Waals surface area contributed by atoms with E-state index in [2.05, 4.69) is 4.98 Å². The quantitative estimate of drug-likeness (QED) is 0.625. The number of ether oxygens (including phenoxy) is 1. The number of nitrogen functional groups attached to an aromatic ring is 1. The Kier molecular flexibility index (Phi) is 7.16. The molecule has 4 nitrogen and oxygen atoms in total. The van der Waals surface area contributed by atoms with Gasteiger partial charge in [0.05, 0.1) is 17.9 Å². The van der Waals surface area contributed by atoms with E-state index in [0.29, 0.717) is 26.4 Å². The zero-order chi connectivity index (χ0) is 15.4. The van der Waals surface area contributed by atoms with Gasteiger partial charge in [-0.25, -0.2) is 9.78 Å². The van der Waals surface area contributed by atoms with Crippen LogP contribution in [0.2, 0.25) is 10.0 Å². The van der Waals surface area contributed by atoms with Gasteiger partial charge in [0, 0.05) is 21.0 Å². The molecule has 22 heavy (non-hydrogen) atoms. The molecule has 0 saturated carbocycles. The first-order valence-corrected chi connectivity index (χ1v) is 7.70. The molecule has 0 spiro atoms. The molecule has 0 unspecified atom stereocenters. The average molecular weight is 380 g/mol. The number of hydrogen-bond acceptors (Lipinski definition) is 5. The summed E-state index contributed by atoms with van der Waals surface area (Å²) < 4.78 is 5.05. The Labute approximate surface area is 148 Å². The summed E-state index contributed by atoms with van der Waals surface area (Å²) in [4.78, 5) is 16.2. The molecule has 0 fully saturated rings. The third-order valence-corrected chi connectivity index (χ3v) is 3.91. The first kappa shape index (κ1) is 18.8. The van der Waals surface area contributed by atoms with E-state index < -0.39 is 5.97 Å². The van der Waals surface area contributed by atoms with Gasteiger partial charge in [0.1, 0.15) is 0 Å². The average Bonchev–Trinajstić information content (AvgIpc) is 2.85. The van der Waals surface area contributed by atoms with E-state index in [1.807, 2.05) is 0 Å². The summed E-state index contributed by atoms with van der Waals surface area (Å²) >= 11 is 13.5. The summed E-state index contributed by atoms with van der Waals surface area (Å²) in [7, 11) is 0. The van der Waals surface area contributed by atoms with Gasteiger partial charge in [0.2, 0.25) is 0 Å². The first-order valence-electron chi connectivity index (χ1n) is 6.07. The number of carbonyl (C=O) groups excluding carboxylic acids is 1. The van der Waals surface area contributed by atoms with Crippen molar-refractivity contribution in [2.45, 2.75) is 6.92 Å². The van der Waals surface area contributed by atoms with Gasteiger partial charge in [-0.1, -0.05) is 29.3 Å². The normalized spacial score (nSPS) is 11.0. The van der Waals surface area contributed by atoms with Crippen LogP contribution in [-0.4, -0.2) is 17.6 Å². The van der Waals surface area contributed by atoms with Crippen LogP contribution in [0.4, 0.5) is 5.13 Å². The summed E-state index contributed by atoms with van der Waals surface area (Å²) in [5, 5.41) is 2.92. The number of nitrogens with zero attached hydrogens (tertiary/aromatic N) is 1. The smallest absolute Gasteiger partial charge is 0.340 e. The molecule has 1 aromatic heterocycles. The highest BCUT2D eigenvalue weighted by Crippen LogP contribution is 2.30. The maximum Gasteiger partial charge on any atom is 0.340 e. The molecule has 1 heterocycles. The minimum Gasteiger partial charge on any atom is -0.462 e. The number of esters is 1. The molecule has 0 aliphatic heterocycles. The third-order valence-electron chi connectivity index (χ3n) is 2.58. The van der Waals surface area contributed by atoms with Crippen LogP contribution >= 0.6 is 46.9 Å². The summed E-state index contributed by atoms with van der Waals surface area (Å²) in [6, 6.07) is 5.11.